The summed E-state index contributed by atoms with van der Waals surface area (Å²) in [6.07, 6.45) is 4.99. The number of nitrogens with two attached hydrogens (primary N) is 1. The first-order chi connectivity index (χ1) is 8.22. The van der Waals surface area contributed by atoms with E-state index in [4.69, 9.17) is 5.73 Å². The number of hydrogen-bond donors (Lipinski definition) is 2. The lowest BCUT2D eigenvalue weighted by Gasteiger charge is -2.29. The second kappa shape index (κ2) is 4.15. The van der Waals surface area contributed by atoms with E-state index in [0.717, 1.165) is 0 Å². The molecule has 0 radical (unpaired) electrons. The minimum Gasteiger partial charge on any atom is -0.366 e. The molecule has 0 unspecified atom stereocenters. The standard InChI is InChI=1S/C14H18N2O/c15-14(17)10-3-1-2-9(6-10)11-7-12-4-5-13(8-11)16-12/h1-3,6,11-13,16H,4-5,7-8H2,(H2,15,17)/t11-,12+,13-. The van der Waals surface area contributed by atoms with Gasteiger partial charge in [0.1, 0.15) is 0 Å². The molecule has 2 saturated heterocycles. The molecule has 0 saturated carbocycles. The van der Waals surface area contributed by atoms with E-state index in [-0.39, 0.29) is 5.91 Å². The van der Waals surface area contributed by atoms with Gasteiger partial charge in [-0.3, -0.25) is 4.79 Å². The van der Waals surface area contributed by atoms with E-state index >= 15 is 0 Å². The van der Waals surface area contributed by atoms with Crippen molar-refractivity contribution in [3.8, 4) is 0 Å². The van der Waals surface area contributed by atoms with Gasteiger partial charge in [-0.1, -0.05) is 12.1 Å². The Hall–Kier alpha value is -1.35. The molecule has 2 aliphatic heterocycles. The third-order valence-corrected chi connectivity index (χ3v) is 4.12. The molecule has 0 aromatic heterocycles. The van der Waals surface area contributed by atoms with Crippen LogP contribution in [0.3, 0.4) is 0 Å². The highest BCUT2D eigenvalue weighted by Gasteiger charge is 2.33. The van der Waals surface area contributed by atoms with Gasteiger partial charge in [-0.2, -0.15) is 0 Å². The van der Waals surface area contributed by atoms with Gasteiger partial charge in [0.05, 0.1) is 0 Å². The van der Waals surface area contributed by atoms with Gasteiger partial charge in [0.15, 0.2) is 0 Å². The normalized spacial score (nSPS) is 31.4. The molecule has 3 atom stereocenters. The molecule has 90 valence electrons. The fraction of sp³-hybridized carbons (Fsp3) is 0.500. The molecule has 1 amide bonds. The van der Waals surface area contributed by atoms with E-state index in [1.54, 1.807) is 6.07 Å². The Bertz CT molecular complexity index is 432. The van der Waals surface area contributed by atoms with Crippen LogP contribution in [0.1, 0.15) is 47.5 Å². The number of fused-ring (bicyclic) bond motifs is 2. The quantitative estimate of drug-likeness (QED) is 0.813. The Morgan fingerprint density at radius 3 is 2.59 bits per heavy atom. The second-order valence-corrected chi connectivity index (χ2v) is 5.30. The van der Waals surface area contributed by atoms with E-state index in [9.17, 15) is 4.79 Å². The zero-order valence-electron chi connectivity index (χ0n) is 9.86. The maximum atomic E-state index is 11.2. The van der Waals surface area contributed by atoms with Crippen molar-refractivity contribution in [2.45, 2.75) is 43.7 Å². The number of benzene rings is 1. The second-order valence-electron chi connectivity index (χ2n) is 5.30. The molecule has 1 aromatic rings. The van der Waals surface area contributed by atoms with Gasteiger partial charge < -0.3 is 11.1 Å². The van der Waals surface area contributed by atoms with Crippen LogP contribution < -0.4 is 11.1 Å². The molecule has 0 spiro atoms. The first-order valence-corrected chi connectivity index (χ1v) is 6.38. The third kappa shape index (κ3) is 2.07. The number of primary amides is 1. The smallest absolute Gasteiger partial charge is 0.248 e. The summed E-state index contributed by atoms with van der Waals surface area (Å²) < 4.78 is 0. The van der Waals surface area contributed by atoms with Crippen LogP contribution in [-0.2, 0) is 0 Å². The number of carbonyl (C=O) groups is 1. The number of carbonyl (C=O) groups excluding carboxylic acids is 1. The Morgan fingerprint density at radius 1 is 1.24 bits per heavy atom. The Kier molecular flexibility index (Phi) is 2.63. The van der Waals surface area contributed by atoms with E-state index in [1.807, 2.05) is 12.1 Å². The van der Waals surface area contributed by atoms with Crippen molar-refractivity contribution < 1.29 is 4.79 Å². The number of hydrogen-bond acceptors (Lipinski definition) is 2. The SMILES string of the molecule is NC(=O)c1cccc([C@H]2C[C@H]3CC[C@@H](C2)N3)c1. The molecule has 17 heavy (non-hydrogen) atoms. The van der Waals surface area contributed by atoms with Gasteiger partial charge in [-0.25, -0.2) is 0 Å². The number of nitrogens with one attached hydrogen (secondary N) is 1. The molecule has 2 aliphatic rings. The van der Waals surface area contributed by atoms with Crippen molar-refractivity contribution in [1.29, 1.82) is 0 Å². The predicted molar refractivity (Wildman–Crippen MR) is 66.9 cm³/mol. The predicted octanol–water partition coefficient (Wildman–Crippen LogP) is 1.78. The van der Waals surface area contributed by atoms with Gasteiger partial charge in [0.25, 0.3) is 0 Å². The summed E-state index contributed by atoms with van der Waals surface area (Å²) in [5.41, 5.74) is 7.24. The van der Waals surface area contributed by atoms with Gasteiger partial charge in [0.2, 0.25) is 5.91 Å². The Labute approximate surface area is 101 Å². The molecule has 0 aliphatic carbocycles. The van der Waals surface area contributed by atoms with E-state index < -0.39 is 0 Å². The minimum absolute atomic E-state index is 0.330. The summed E-state index contributed by atoms with van der Waals surface area (Å²) in [5, 5.41) is 3.64. The van der Waals surface area contributed by atoms with Gasteiger partial charge in [-0.15, -0.1) is 0 Å². The zero-order chi connectivity index (χ0) is 11.8. The van der Waals surface area contributed by atoms with Crippen LogP contribution in [-0.4, -0.2) is 18.0 Å². The average molecular weight is 230 g/mol. The van der Waals surface area contributed by atoms with Crippen molar-refractivity contribution in [1.82, 2.24) is 5.32 Å². The van der Waals surface area contributed by atoms with Crippen molar-refractivity contribution in [3.05, 3.63) is 35.4 Å². The van der Waals surface area contributed by atoms with Crippen LogP contribution in [0.5, 0.6) is 0 Å². The molecule has 3 N–H and O–H groups in total. The first kappa shape index (κ1) is 10.8. The lowest BCUT2D eigenvalue weighted by molar-refractivity contribution is 0.1000. The molecule has 2 heterocycles. The summed E-state index contributed by atoms with van der Waals surface area (Å²) in [6, 6.07) is 9.19. The monoisotopic (exact) mass is 230 g/mol. The highest BCUT2D eigenvalue weighted by molar-refractivity contribution is 5.92. The summed E-state index contributed by atoms with van der Waals surface area (Å²) in [5.74, 6) is 0.261. The molecular weight excluding hydrogens is 212 g/mol. The number of piperidine rings is 1. The van der Waals surface area contributed by atoms with Crippen molar-refractivity contribution in [3.63, 3.8) is 0 Å². The largest absolute Gasteiger partial charge is 0.366 e. The fourth-order valence-corrected chi connectivity index (χ4v) is 3.28. The molecule has 3 heteroatoms. The molecule has 3 nitrogen and oxygen atoms in total. The maximum Gasteiger partial charge on any atom is 0.248 e. The summed E-state index contributed by atoms with van der Waals surface area (Å²) in [6.45, 7) is 0. The van der Waals surface area contributed by atoms with Crippen molar-refractivity contribution in [2.75, 3.05) is 0 Å². The van der Waals surface area contributed by atoms with Crippen LogP contribution in [0.15, 0.2) is 24.3 Å². The van der Waals surface area contributed by atoms with Gasteiger partial charge in [0, 0.05) is 17.6 Å². The highest BCUT2D eigenvalue weighted by atomic mass is 16.1. The van der Waals surface area contributed by atoms with E-state index in [2.05, 4.69) is 11.4 Å². The van der Waals surface area contributed by atoms with E-state index in [0.29, 0.717) is 23.6 Å². The zero-order valence-corrected chi connectivity index (χ0v) is 9.86. The lowest BCUT2D eigenvalue weighted by atomic mass is 9.85. The number of amides is 1. The highest BCUT2D eigenvalue weighted by Crippen LogP contribution is 2.37. The molecule has 2 fully saturated rings. The number of rotatable bonds is 2. The van der Waals surface area contributed by atoms with E-state index in [1.165, 1.54) is 31.2 Å². The summed E-state index contributed by atoms with van der Waals surface area (Å²) >= 11 is 0. The molecule has 1 aromatic carbocycles. The third-order valence-electron chi connectivity index (χ3n) is 4.12. The Morgan fingerprint density at radius 2 is 1.94 bits per heavy atom. The first-order valence-electron chi connectivity index (χ1n) is 6.38. The molecular formula is C14H18N2O. The molecule has 2 bridgehead atoms. The van der Waals surface area contributed by atoms with Crippen LogP contribution in [0.2, 0.25) is 0 Å². The van der Waals surface area contributed by atoms with Crippen LogP contribution in [0.4, 0.5) is 0 Å². The fourth-order valence-electron chi connectivity index (χ4n) is 3.28. The van der Waals surface area contributed by atoms with Crippen LogP contribution >= 0.6 is 0 Å². The van der Waals surface area contributed by atoms with Gasteiger partial charge in [-0.05, 0) is 49.3 Å². The van der Waals surface area contributed by atoms with Crippen LogP contribution in [0, 0.1) is 0 Å². The maximum absolute atomic E-state index is 11.2. The average Bonchev–Trinajstić information content (AvgIpc) is 2.68. The summed E-state index contributed by atoms with van der Waals surface area (Å²) in [7, 11) is 0. The van der Waals surface area contributed by atoms with Crippen molar-refractivity contribution in [2.24, 2.45) is 5.73 Å². The lowest BCUT2D eigenvalue weighted by Crippen LogP contribution is -2.37. The van der Waals surface area contributed by atoms with Crippen molar-refractivity contribution >= 4 is 5.91 Å². The Balaban J connectivity index is 1.84. The topological polar surface area (TPSA) is 55.1 Å². The summed E-state index contributed by atoms with van der Waals surface area (Å²) in [4.78, 5) is 11.2. The van der Waals surface area contributed by atoms with Crippen LogP contribution in [0.25, 0.3) is 0 Å². The van der Waals surface area contributed by atoms with Gasteiger partial charge >= 0.3 is 0 Å². The molecule has 3 rings (SSSR count). The minimum atomic E-state index is -0.330.